The molecule has 3 aromatic rings. The average molecular weight is 333 g/mol. The van der Waals surface area contributed by atoms with Crippen LogP contribution in [0, 0.1) is 24.0 Å². The number of aryl methyl sites for hydroxylation is 2. The van der Waals surface area contributed by atoms with Crippen LogP contribution in [0.5, 0.6) is 0 Å². The summed E-state index contributed by atoms with van der Waals surface area (Å²) in [5, 5.41) is 13.4. The van der Waals surface area contributed by atoms with Gasteiger partial charge in [0.25, 0.3) is 0 Å². The van der Waals surface area contributed by atoms with Gasteiger partial charge in [0.1, 0.15) is 0 Å². The Hall–Kier alpha value is -1.98. The van der Waals surface area contributed by atoms with E-state index in [1.54, 1.807) is 12.1 Å². The molecule has 0 bridgehead atoms. The topological polar surface area (TPSA) is 58.9 Å². The summed E-state index contributed by atoms with van der Waals surface area (Å²) in [6.45, 7) is 3.83. The summed E-state index contributed by atoms with van der Waals surface area (Å²) in [6.07, 6.45) is 0. The third-order valence-electron chi connectivity index (χ3n) is 3.53. The van der Waals surface area contributed by atoms with Crippen LogP contribution in [-0.4, -0.2) is 9.91 Å². The third-order valence-corrected chi connectivity index (χ3v) is 4.79. The number of nitrogens with zero attached hydrogens (tertiary/aromatic N) is 1. The largest absolute Gasteiger partial charge is 0.343 e. The number of H-pyrrole nitrogens is 1. The fraction of sp³-hybridized carbons (Fsp3) is 0.125. The maximum atomic E-state index is 11.6. The molecule has 0 saturated carbocycles. The summed E-state index contributed by atoms with van der Waals surface area (Å²) >= 11 is 7.22. The molecule has 0 atom stereocenters. The third kappa shape index (κ3) is 2.58. The van der Waals surface area contributed by atoms with Gasteiger partial charge in [-0.2, -0.15) is 0 Å². The molecule has 2 aromatic carbocycles. The van der Waals surface area contributed by atoms with E-state index in [2.05, 4.69) is 4.98 Å². The minimum Gasteiger partial charge on any atom is -0.343 e. The van der Waals surface area contributed by atoms with Crippen molar-refractivity contribution in [3.05, 3.63) is 62.7 Å². The van der Waals surface area contributed by atoms with E-state index in [0.717, 1.165) is 21.5 Å². The van der Waals surface area contributed by atoms with Gasteiger partial charge in [0.15, 0.2) is 5.03 Å². The molecule has 3 rings (SSSR count). The van der Waals surface area contributed by atoms with Crippen molar-refractivity contribution in [3.8, 4) is 0 Å². The van der Waals surface area contributed by atoms with Gasteiger partial charge in [-0.25, -0.2) is 0 Å². The lowest BCUT2D eigenvalue weighted by atomic mass is 10.1. The van der Waals surface area contributed by atoms with Gasteiger partial charge >= 0.3 is 5.69 Å². The van der Waals surface area contributed by atoms with Crippen LogP contribution in [0.4, 0.5) is 5.69 Å². The van der Waals surface area contributed by atoms with Crippen molar-refractivity contribution in [2.75, 3.05) is 0 Å². The Morgan fingerprint density at radius 1 is 1.09 bits per heavy atom. The maximum Gasteiger partial charge on any atom is 0.309 e. The molecule has 0 saturated heterocycles. The first-order valence-corrected chi connectivity index (χ1v) is 7.86. The van der Waals surface area contributed by atoms with E-state index in [1.165, 1.54) is 11.8 Å². The van der Waals surface area contributed by atoms with Crippen LogP contribution >= 0.6 is 23.4 Å². The first kappa shape index (κ1) is 14.9. The predicted molar refractivity (Wildman–Crippen MR) is 90.0 cm³/mol. The SMILES string of the molecule is Cc1ccc(C)c2c([N+](=O)[O-])c(Sc3ccc(Cl)cc3)[nH]c12. The second kappa shape index (κ2) is 5.66. The van der Waals surface area contributed by atoms with Crippen LogP contribution in [-0.2, 0) is 0 Å². The van der Waals surface area contributed by atoms with Crippen molar-refractivity contribution in [1.82, 2.24) is 4.98 Å². The Kier molecular flexibility index (Phi) is 3.85. The van der Waals surface area contributed by atoms with E-state index in [4.69, 9.17) is 11.6 Å². The second-order valence-corrected chi connectivity index (χ2v) is 6.59. The highest BCUT2D eigenvalue weighted by Gasteiger charge is 2.25. The minimum atomic E-state index is -0.316. The maximum absolute atomic E-state index is 11.6. The van der Waals surface area contributed by atoms with Crippen LogP contribution < -0.4 is 0 Å². The van der Waals surface area contributed by atoms with Crippen molar-refractivity contribution in [1.29, 1.82) is 0 Å². The molecule has 0 fully saturated rings. The number of hydrogen-bond donors (Lipinski definition) is 1. The molecule has 6 heteroatoms. The molecule has 22 heavy (non-hydrogen) atoms. The first-order chi connectivity index (χ1) is 10.5. The average Bonchev–Trinajstić information content (AvgIpc) is 2.86. The molecule has 0 aliphatic carbocycles. The molecule has 1 aromatic heterocycles. The second-order valence-electron chi connectivity index (χ2n) is 5.07. The Morgan fingerprint density at radius 2 is 1.73 bits per heavy atom. The molecule has 0 amide bonds. The van der Waals surface area contributed by atoms with Crippen molar-refractivity contribution < 1.29 is 4.92 Å². The van der Waals surface area contributed by atoms with E-state index in [-0.39, 0.29) is 10.6 Å². The molecule has 4 nitrogen and oxygen atoms in total. The van der Waals surface area contributed by atoms with Gasteiger partial charge in [-0.15, -0.1) is 0 Å². The number of nitro groups is 1. The van der Waals surface area contributed by atoms with Crippen molar-refractivity contribution in [3.63, 3.8) is 0 Å². The van der Waals surface area contributed by atoms with Crippen LogP contribution in [0.3, 0.4) is 0 Å². The van der Waals surface area contributed by atoms with Gasteiger partial charge in [0.05, 0.1) is 15.8 Å². The fourth-order valence-electron chi connectivity index (χ4n) is 2.43. The van der Waals surface area contributed by atoms with Gasteiger partial charge in [-0.1, -0.05) is 35.5 Å². The lowest BCUT2D eigenvalue weighted by molar-refractivity contribution is -0.386. The lowest BCUT2D eigenvalue weighted by Gasteiger charge is -1.99. The molecule has 1 heterocycles. The Bertz CT molecular complexity index is 872. The molecular formula is C16H13ClN2O2S. The Balaban J connectivity index is 2.18. The molecular weight excluding hydrogens is 320 g/mol. The van der Waals surface area contributed by atoms with E-state index >= 15 is 0 Å². The molecule has 0 aliphatic rings. The van der Waals surface area contributed by atoms with Crippen molar-refractivity contribution in [2.45, 2.75) is 23.8 Å². The monoisotopic (exact) mass is 332 g/mol. The van der Waals surface area contributed by atoms with Crippen LogP contribution in [0.1, 0.15) is 11.1 Å². The van der Waals surface area contributed by atoms with E-state index in [1.807, 2.05) is 38.1 Å². The highest BCUT2D eigenvalue weighted by molar-refractivity contribution is 7.99. The summed E-state index contributed by atoms with van der Waals surface area (Å²) in [7, 11) is 0. The van der Waals surface area contributed by atoms with Crippen molar-refractivity contribution in [2.24, 2.45) is 0 Å². The van der Waals surface area contributed by atoms with Gasteiger partial charge < -0.3 is 4.98 Å². The molecule has 0 aliphatic heterocycles. The summed E-state index contributed by atoms with van der Waals surface area (Å²) in [6, 6.07) is 11.1. The predicted octanol–water partition coefficient (Wildman–Crippen LogP) is 5.50. The quantitative estimate of drug-likeness (QED) is 0.509. The summed E-state index contributed by atoms with van der Waals surface area (Å²) in [5.41, 5.74) is 2.84. The standard InChI is InChI=1S/C16H13ClN2O2S/c1-9-3-4-10(2)14-13(9)15(19(20)21)16(18-14)22-12-7-5-11(17)6-8-12/h3-8,18H,1-2H3. The Morgan fingerprint density at radius 3 is 2.36 bits per heavy atom. The normalized spacial score (nSPS) is 11.0. The number of nitrogens with one attached hydrogen (secondary N) is 1. The number of benzene rings is 2. The van der Waals surface area contributed by atoms with Gasteiger partial charge in [-0.05, 0) is 49.2 Å². The van der Waals surface area contributed by atoms with Gasteiger partial charge in [0, 0.05) is 9.92 Å². The zero-order valence-corrected chi connectivity index (χ0v) is 13.6. The molecule has 112 valence electrons. The first-order valence-electron chi connectivity index (χ1n) is 6.67. The Labute approximate surface area is 136 Å². The van der Waals surface area contributed by atoms with Gasteiger partial charge in [0.2, 0.25) is 0 Å². The lowest BCUT2D eigenvalue weighted by Crippen LogP contribution is -1.89. The summed E-state index contributed by atoms with van der Waals surface area (Å²) < 4.78 is 0. The number of halogens is 1. The smallest absolute Gasteiger partial charge is 0.309 e. The number of aromatic nitrogens is 1. The minimum absolute atomic E-state index is 0.135. The highest BCUT2D eigenvalue weighted by Crippen LogP contribution is 2.41. The van der Waals surface area contributed by atoms with Crippen LogP contribution in [0.25, 0.3) is 10.9 Å². The van der Waals surface area contributed by atoms with E-state index in [0.29, 0.717) is 15.4 Å². The summed E-state index contributed by atoms with van der Waals surface area (Å²) in [4.78, 5) is 15.3. The molecule has 0 unspecified atom stereocenters. The molecule has 0 radical (unpaired) electrons. The molecule has 1 N–H and O–H groups in total. The highest BCUT2D eigenvalue weighted by atomic mass is 35.5. The van der Waals surface area contributed by atoms with Crippen LogP contribution in [0.2, 0.25) is 5.02 Å². The van der Waals surface area contributed by atoms with Crippen molar-refractivity contribution >= 4 is 40.0 Å². The number of hydrogen-bond acceptors (Lipinski definition) is 3. The fourth-order valence-corrected chi connectivity index (χ4v) is 3.49. The van der Waals surface area contributed by atoms with E-state index < -0.39 is 0 Å². The molecule has 0 spiro atoms. The van der Waals surface area contributed by atoms with Gasteiger partial charge in [-0.3, -0.25) is 10.1 Å². The number of rotatable bonds is 3. The number of fused-ring (bicyclic) bond motifs is 1. The summed E-state index contributed by atoms with van der Waals surface area (Å²) in [5.74, 6) is 0. The zero-order valence-electron chi connectivity index (χ0n) is 12.0. The number of aromatic amines is 1. The van der Waals surface area contributed by atoms with E-state index in [9.17, 15) is 10.1 Å². The van der Waals surface area contributed by atoms with Crippen LogP contribution in [0.15, 0.2) is 46.3 Å². The zero-order chi connectivity index (χ0) is 15.9.